The van der Waals surface area contributed by atoms with Gasteiger partial charge in [0.2, 0.25) is 0 Å². The summed E-state index contributed by atoms with van der Waals surface area (Å²) in [7, 11) is 1.72. The normalized spacial score (nSPS) is 12.6. The van der Waals surface area contributed by atoms with Crippen molar-refractivity contribution in [1.29, 1.82) is 0 Å². The molecule has 0 aromatic carbocycles. The van der Waals surface area contributed by atoms with Crippen LogP contribution in [0.3, 0.4) is 0 Å². The van der Waals surface area contributed by atoms with Gasteiger partial charge in [0.05, 0.1) is 7.11 Å². The molecule has 0 bridgehead atoms. The summed E-state index contributed by atoms with van der Waals surface area (Å²) in [6.07, 6.45) is 2.21. The minimum atomic E-state index is 0.400. The van der Waals surface area contributed by atoms with Crippen molar-refractivity contribution in [1.82, 2.24) is 5.32 Å². The van der Waals surface area contributed by atoms with Crippen LogP contribution in [0.4, 0.5) is 0 Å². The van der Waals surface area contributed by atoms with E-state index in [2.05, 4.69) is 41.2 Å². The van der Waals surface area contributed by atoms with Crippen molar-refractivity contribution < 1.29 is 4.74 Å². The van der Waals surface area contributed by atoms with Crippen LogP contribution < -0.4 is 10.1 Å². The molecule has 0 radical (unpaired) electrons. The topological polar surface area (TPSA) is 21.3 Å². The lowest BCUT2D eigenvalue weighted by Crippen LogP contribution is -2.22. The van der Waals surface area contributed by atoms with Crippen LogP contribution in [0.2, 0.25) is 0 Å². The average molecular weight is 281 g/mol. The van der Waals surface area contributed by atoms with Gasteiger partial charge in [0.25, 0.3) is 0 Å². The zero-order valence-corrected chi connectivity index (χ0v) is 12.4. The molecule has 0 spiro atoms. The SMILES string of the molecule is CCCNC(Cc1cccs1)c1cc(OC)cs1. The largest absolute Gasteiger partial charge is 0.496 e. The summed E-state index contributed by atoms with van der Waals surface area (Å²) in [6, 6.07) is 6.87. The van der Waals surface area contributed by atoms with Gasteiger partial charge in [-0.05, 0) is 30.5 Å². The Morgan fingerprint density at radius 3 is 2.89 bits per heavy atom. The molecule has 2 nitrogen and oxygen atoms in total. The maximum absolute atomic E-state index is 5.27. The molecule has 0 fully saturated rings. The number of rotatable bonds is 7. The summed E-state index contributed by atoms with van der Waals surface area (Å²) in [5.41, 5.74) is 0. The minimum absolute atomic E-state index is 0.400. The van der Waals surface area contributed by atoms with Crippen LogP contribution in [0.1, 0.15) is 29.1 Å². The number of ether oxygens (including phenoxy) is 1. The standard InChI is InChI=1S/C14H19NOS2/c1-3-6-15-13(9-12-5-4-7-17-12)14-8-11(16-2)10-18-14/h4-5,7-8,10,13,15H,3,6,9H2,1-2H3. The van der Waals surface area contributed by atoms with E-state index in [1.54, 1.807) is 18.4 Å². The van der Waals surface area contributed by atoms with E-state index in [1.165, 1.54) is 9.75 Å². The first-order valence-electron chi connectivity index (χ1n) is 6.21. The molecular weight excluding hydrogens is 262 g/mol. The summed E-state index contributed by atoms with van der Waals surface area (Å²) in [5.74, 6) is 0.962. The molecule has 4 heteroatoms. The third-order valence-electron chi connectivity index (χ3n) is 2.80. The Morgan fingerprint density at radius 2 is 2.28 bits per heavy atom. The quantitative estimate of drug-likeness (QED) is 0.825. The summed E-state index contributed by atoms with van der Waals surface area (Å²) in [4.78, 5) is 2.78. The predicted molar refractivity (Wildman–Crippen MR) is 79.9 cm³/mol. The lowest BCUT2D eigenvalue weighted by atomic mass is 10.1. The second-order valence-corrected chi connectivity index (χ2v) is 6.15. The molecular formula is C14H19NOS2. The fourth-order valence-electron chi connectivity index (χ4n) is 1.85. The minimum Gasteiger partial charge on any atom is -0.496 e. The molecule has 98 valence electrons. The first-order valence-corrected chi connectivity index (χ1v) is 7.97. The van der Waals surface area contributed by atoms with Crippen molar-refractivity contribution in [2.24, 2.45) is 0 Å². The van der Waals surface area contributed by atoms with E-state index in [-0.39, 0.29) is 0 Å². The lowest BCUT2D eigenvalue weighted by molar-refractivity contribution is 0.415. The van der Waals surface area contributed by atoms with Crippen LogP contribution in [0, 0.1) is 0 Å². The number of thiophene rings is 2. The average Bonchev–Trinajstić information content (AvgIpc) is 3.05. The smallest absolute Gasteiger partial charge is 0.129 e. The zero-order chi connectivity index (χ0) is 12.8. The molecule has 18 heavy (non-hydrogen) atoms. The second-order valence-electron chi connectivity index (χ2n) is 4.18. The van der Waals surface area contributed by atoms with E-state index >= 15 is 0 Å². The van der Waals surface area contributed by atoms with Crippen molar-refractivity contribution in [2.75, 3.05) is 13.7 Å². The van der Waals surface area contributed by atoms with Gasteiger partial charge in [0.1, 0.15) is 5.75 Å². The molecule has 0 amide bonds. The first kappa shape index (κ1) is 13.6. The molecule has 2 heterocycles. The maximum Gasteiger partial charge on any atom is 0.129 e. The lowest BCUT2D eigenvalue weighted by Gasteiger charge is -2.16. The Hall–Kier alpha value is -0.840. The highest BCUT2D eigenvalue weighted by atomic mass is 32.1. The highest BCUT2D eigenvalue weighted by molar-refractivity contribution is 7.10. The molecule has 1 N–H and O–H groups in total. The predicted octanol–water partition coefficient (Wildman–Crippen LogP) is 4.10. The fourth-order valence-corrected chi connectivity index (χ4v) is 3.53. The molecule has 0 aliphatic heterocycles. The van der Waals surface area contributed by atoms with E-state index in [9.17, 15) is 0 Å². The Kier molecular flexibility index (Phi) is 5.23. The second kappa shape index (κ2) is 6.92. The molecule has 1 unspecified atom stereocenters. The Labute approximate surface area is 117 Å². The Bertz CT molecular complexity index is 450. The van der Waals surface area contributed by atoms with Gasteiger partial charge in [0.15, 0.2) is 0 Å². The van der Waals surface area contributed by atoms with E-state index < -0.39 is 0 Å². The van der Waals surface area contributed by atoms with Gasteiger partial charge in [-0.3, -0.25) is 0 Å². The van der Waals surface area contributed by atoms with Crippen LogP contribution in [0.25, 0.3) is 0 Å². The van der Waals surface area contributed by atoms with Crippen LogP contribution in [-0.4, -0.2) is 13.7 Å². The first-order chi connectivity index (χ1) is 8.83. The van der Waals surface area contributed by atoms with E-state index in [4.69, 9.17) is 4.74 Å². The summed E-state index contributed by atoms with van der Waals surface area (Å²) >= 11 is 3.60. The Morgan fingerprint density at radius 1 is 1.39 bits per heavy atom. The highest BCUT2D eigenvalue weighted by Gasteiger charge is 2.14. The third-order valence-corrected chi connectivity index (χ3v) is 4.72. The van der Waals surface area contributed by atoms with Crippen molar-refractivity contribution in [2.45, 2.75) is 25.8 Å². The molecule has 1 atom stereocenters. The third kappa shape index (κ3) is 3.57. The maximum atomic E-state index is 5.27. The van der Waals surface area contributed by atoms with Gasteiger partial charge >= 0.3 is 0 Å². The van der Waals surface area contributed by atoms with Gasteiger partial charge in [-0.25, -0.2) is 0 Å². The summed E-state index contributed by atoms with van der Waals surface area (Å²) < 4.78 is 5.27. The molecule has 2 aromatic rings. The monoisotopic (exact) mass is 281 g/mol. The molecule has 2 aromatic heterocycles. The zero-order valence-electron chi connectivity index (χ0n) is 10.8. The molecule has 0 aliphatic rings. The van der Waals surface area contributed by atoms with Crippen LogP contribution in [0.15, 0.2) is 29.0 Å². The van der Waals surface area contributed by atoms with Crippen molar-refractivity contribution in [3.63, 3.8) is 0 Å². The van der Waals surface area contributed by atoms with Gasteiger partial charge in [-0.15, -0.1) is 22.7 Å². The van der Waals surface area contributed by atoms with Gasteiger partial charge < -0.3 is 10.1 Å². The van der Waals surface area contributed by atoms with Crippen molar-refractivity contribution in [3.8, 4) is 5.75 Å². The van der Waals surface area contributed by atoms with Gasteiger partial charge in [0, 0.05) is 27.6 Å². The van der Waals surface area contributed by atoms with E-state index in [0.717, 1.165) is 25.1 Å². The number of nitrogens with one attached hydrogen (secondary N) is 1. The van der Waals surface area contributed by atoms with Crippen LogP contribution in [-0.2, 0) is 6.42 Å². The molecule has 0 aliphatic carbocycles. The summed E-state index contributed by atoms with van der Waals surface area (Å²) in [6.45, 7) is 3.25. The Balaban J connectivity index is 2.08. The number of hydrogen-bond donors (Lipinski definition) is 1. The van der Waals surface area contributed by atoms with Crippen molar-refractivity contribution >= 4 is 22.7 Å². The van der Waals surface area contributed by atoms with Crippen LogP contribution in [0.5, 0.6) is 5.75 Å². The van der Waals surface area contributed by atoms with E-state index in [0.29, 0.717) is 6.04 Å². The highest BCUT2D eigenvalue weighted by Crippen LogP contribution is 2.29. The van der Waals surface area contributed by atoms with Gasteiger partial charge in [-0.2, -0.15) is 0 Å². The van der Waals surface area contributed by atoms with Gasteiger partial charge in [-0.1, -0.05) is 13.0 Å². The van der Waals surface area contributed by atoms with E-state index in [1.807, 2.05) is 11.3 Å². The molecule has 0 saturated heterocycles. The summed E-state index contributed by atoms with van der Waals surface area (Å²) in [5, 5.41) is 7.84. The fraction of sp³-hybridized carbons (Fsp3) is 0.429. The number of hydrogen-bond acceptors (Lipinski definition) is 4. The number of methoxy groups -OCH3 is 1. The van der Waals surface area contributed by atoms with Crippen molar-refractivity contribution in [3.05, 3.63) is 38.7 Å². The molecule has 2 rings (SSSR count). The molecule has 0 saturated carbocycles. The van der Waals surface area contributed by atoms with Crippen LogP contribution >= 0.6 is 22.7 Å².